The van der Waals surface area contributed by atoms with Gasteiger partial charge in [0, 0.05) is 26.8 Å². The molecule has 29 heavy (non-hydrogen) atoms. The highest BCUT2D eigenvalue weighted by atomic mass is 127. The molecule has 1 aromatic heterocycles. The predicted molar refractivity (Wildman–Crippen MR) is 127 cm³/mol. The molecule has 0 amide bonds. The molecule has 154 valence electrons. The maximum atomic E-state index is 5.79. The number of ether oxygens (including phenoxy) is 1. The number of guanidine groups is 1. The second kappa shape index (κ2) is 12.2. The van der Waals surface area contributed by atoms with Crippen LogP contribution >= 0.6 is 24.0 Å². The van der Waals surface area contributed by atoms with Crippen LogP contribution < -0.4 is 10.6 Å². The fraction of sp³-hybridized carbons (Fsp3) is 0.273. The van der Waals surface area contributed by atoms with Crippen molar-refractivity contribution in [3.63, 3.8) is 0 Å². The van der Waals surface area contributed by atoms with Gasteiger partial charge in [-0.25, -0.2) is 0 Å². The van der Waals surface area contributed by atoms with Gasteiger partial charge in [0.05, 0.1) is 25.5 Å². The van der Waals surface area contributed by atoms with Crippen LogP contribution in [0.25, 0.3) is 0 Å². The largest absolute Gasteiger partial charge is 0.372 e. The molecule has 3 rings (SSSR count). The van der Waals surface area contributed by atoms with Gasteiger partial charge in [-0.2, -0.15) is 5.10 Å². The molecule has 0 radical (unpaired) electrons. The van der Waals surface area contributed by atoms with Crippen LogP contribution in [-0.4, -0.2) is 22.8 Å². The Labute approximate surface area is 189 Å². The zero-order chi connectivity index (χ0) is 19.6. The first-order valence-corrected chi connectivity index (χ1v) is 9.35. The fourth-order valence-corrected chi connectivity index (χ4v) is 2.77. The van der Waals surface area contributed by atoms with E-state index in [0.717, 1.165) is 11.7 Å². The molecular weight excluding hydrogens is 477 g/mol. The Bertz CT molecular complexity index is 878. The van der Waals surface area contributed by atoms with Gasteiger partial charge in [-0.1, -0.05) is 54.6 Å². The van der Waals surface area contributed by atoms with Crippen molar-refractivity contribution >= 4 is 29.9 Å². The molecule has 0 saturated carbocycles. The molecule has 0 unspecified atom stereocenters. The summed E-state index contributed by atoms with van der Waals surface area (Å²) in [6.07, 6.45) is 1.79. The standard InChI is InChI=1S/C22H27N5O.HI/c1-23-22(25-15-21-12-13-26-27(21)2)24-14-18-8-10-20(11-9-18)17-28-16-19-6-4-3-5-7-19;/h3-13H,14-17H2,1-2H3,(H2,23,24,25);1H. The summed E-state index contributed by atoms with van der Waals surface area (Å²) in [7, 11) is 3.70. The van der Waals surface area contributed by atoms with Crippen LogP contribution in [0.4, 0.5) is 0 Å². The van der Waals surface area contributed by atoms with Gasteiger partial charge in [-0.05, 0) is 22.8 Å². The molecule has 7 heteroatoms. The second-order valence-corrected chi connectivity index (χ2v) is 6.52. The Morgan fingerprint density at radius 3 is 2.14 bits per heavy atom. The number of benzene rings is 2. The Hall–Kier alpha value is -2.39. The number of hydrogen-bond donors (Lipinski definition) is 2. The Morgan fingerprint density at radius 1 is 0.897 bits per heavy atom. The number of halogens is 1. The van der Waals surface area contributed by atoms with Crippen LogP contribution in [-0.2, 0) is 38.1 Å². The van der Waals surface area contributed by atoms with Crippen LogP contribution in [0.3, 0.4) is 0 Å². The number of aliphatic imine (C=N–C) groups is 1. The van der Waals surface area contributed by atoms with Gasteiger partial charge >= 0.3 is 0 Å². The highest BCUT2D eigenvalue weighted by Gasteiger charge is 2.02. The molecule has 0 aliphatic rings. The van der Waals surface area contributed by atoms with Crippen LogP contribution in [0.5, 0.6) is 0 Å². The van der Waals surface area contributed by atoms with E-state index >= 15 is 0 Å². The lowest BCUT2D eigenvalue weighted by molar-refractivity contribution is 0.107. The number of aromatic nitrogens is 2. The van der Waals surface area contributed by atoms with Crippen molar-refractivity contribution in [1.82, 2.24) is 20.4 Å². The number of nitrogens with one attached hydrogen (secondary N) is 2. The quantitative estimate of drug-likeness (QED) is 0.279. The third kappa shape index (κ3) is 7.51. The minimum absolute atomic E-state index is 0. The lowest BCUT2D eigenvalue weighted by Gasteiger charge is -2.12. The van der Waals surface area contributed by atoms with E-state index in [9.17, 15) is 0 Å². The topological polar surface area (TPSA) is 63.5 Å². The lowest BCUT2D eigenvalue weighted by atomic mass is 10.1. The SMILES string of the molecule is CN=C(NCc1ccc(COCc2ccccc2)cc1)NCc1ccnn1C.I. The smallest absolute Gasteiger partial charge is 0.191 e. The summed E-state index contributed by atoms with van der Waals surface area (Å²) in [5, 5.41) is 10.8. The zero-order valence-electron chi connectivity index (χ0n) is 16.8. The molecule has 3 aromatic rings. The lowest BCUT2D eigenvalue weighted by Crippen LogP contribution is -2.36. The molecule has 0 spiro atoms. The second-order valence-electron chi connectivity index (χ2n) is 6.52. The highest BCUT2D eigenvalue weighted by molar-refractivity contribution is 14.0. The maximum absolute atomic E-state index is 5.79. The summed E-state index contributed by atoms with van der Waals surface area (Å²) < 4.78 is 7.63. The number of hydrogen-bond acceptors (Lipinski definition) is 3. The van der Waals surface area contributed by atoms with Crippen LogP contribution in [0.2, 0.25) is 0 Å². The molecular formula is C22H28IN5O. The van der Waals surface area contributed by atoms with Crippen molar-refractivity contribution in [2.45, 2.75) is 26.3 Å². The van der Waals surface area contributed by atoms with Gasteiger partial charge in [-0.15, -0.1) is 24.0 Å². The number of rotatable bonds is 8. The van der Waals surface area contributed by atoms with E-state index in [2.05, 4.69) is 57.1 Å². The first kappa shape index (κ1) is 22.9. The Balaban J connectivity index is 0.00000300. The average molecular weight is 505 g/mol. The van der Waals surface area contributed by atoms with E-state index < -0.39 is 0 Å². The van der Waals surface area contributed by atoms with Crippen molar-refractivity contribution in [2.24, 2.45) is 12.0 Å². The molecule has 6 nitrogen and oxygen atoms in total. The van der Waals surface area contributed by atoms with Gasteiger partial charge in [0.15, 0.2) is 5.96 Å². The minimum atomic E-state index is 0. The van der Waals surface area contributed by atoms with Gasteiger partial charge < -0.3 is 15.4 Å². The third-order valence-electron chi connectivity index (χ3n) is 4.45. The molecule has 0 aliphatic heterocycles. The number of nitrogens with zero attached hydrogens (tertiary/aromatic N) is 3. The molecule has 1 heterocycles. The molecule has 0 atom stereocenters. The normalized spacial score (nSPS) is 11.0. The molecule has 0 aliphatic carbocycles. The number of aryl methyl sites for hydroxylation is 1. The van der Waals surface area contributed by atoms with Crippen molar-refractivity contribution in [1.29, 1.82) is 0 Å². The summed E-state index contributed by atoms with van der Waals surface area (Å²) in [6.45, 7) is 2.61. The predicted octanol–water partition coefficient (Wildman–Crippen LogP) is 3.62. The molecule has 0 fully saturated rings. The minimum Gasteiger partial charge on any atom is -0.372 e. The van der Waals surface area contributed by atoms with Gasteiger partial charge in [-0.3, -0.25) is 9.67 Å². The van der Waals surface area contributed by atoms with E-state index in [0.29, 0.717) is 26.3 Å². The molecule has 2 N–H and O–H groups in total. The van der Waals surface area contributed by atoms with E-state index in [1.165, 1.54) is 16.7 Å². The Morgan fingerprint density at radius 2 is 1.52 bits per heavy atom. The van der Waals surface area contributed by atoms with Crippen LogP contribution in [0.15, 0.2) is 71.9 Å². The summed E-state index contributed by atoms with van der Waals surface area (Å²) in [6, 6.07) is 20.6. The van der Waals surface area contributed by atoms with E-state index in [-0.39, 0.29) is 24.0 Å². The monoisotopic (exact) mass is 505 g/mol. The van der Waals surface area contributed by atoms with E-state index in [4.69, 9.17) is 4.74 Å². The average Bonchev–Trinajstić information content (AvgIpc) is 3.15. The first-order chi connectivity index (χ1) is 13.7. The first-order valence-electron chi connectivity index (χ1n) is 9.35. The molecule has 2 aromatic carbocycles. The van der Waals surface area contributed by atoms with Crippen molar-refractivity contribution in [3.8, 4) is 0 Å². The van der Waals surface area contributed by atoms with Gasteiger partial charge in [0.25, 0.3) is 0 Å². The van der Waals surface area contributed by atoms with Crippen molar-refractivity contribution < 1.29 is 4.74 Å². The zero-order valence-corrected chi connectivity index (χ0v) is 19.2. The van der Waals surface area contributed by atoms with Gasteiger partial charge in [0.1, 0.15) is 0 Å². The molecule has 0 saturated heterocycles. The van der Waals surface area contributed by atoms with E-state index in [1.807, 2.05) is 36.0 Å². The van der Waals surface area contributed by atoms with Gasteiger partial charge in [0.2, 0.25) is 0 Å². The highest BCUT2D eigenvalue weighted by Crippen LogP contribution is 2.08. The molecule has 0 bridgehead atoms. The Kier molecular flexibility index (Phi) is 9.66. The summed E-state index contributed by atoms with van der Waals surface area (Å²) in [5.41, 5.74) is 4.64. The van der Waals surface area contributed by atoms with E-state index in [1.54, 1.807) is 13.2 Å². The van der Waals surface area contributed by atoms with Crippen LogP contribution in [0, 0.1) is 0 Å². The summed E-state index contributed by atoms with van der Waals surface area (Å²) in [5.74, 6) is 0.761. The van der Waals surface area contributed by atoms with Crippen molar-refractivity contribution in [3.05, 3.63) is 89.2 Å². The fourth-order valence-electron chi connectivity index (χ4n) is 2.77. The maximum Gasteiger partial charge on any atom is 0.191 e. The summed E-state index contributed by atoms with van der Waals surface area (Å²) in [4.78, 5) is 4.26. The van der Waals surface area contributed by atoms with Crippen molar-refractivity contribution in [2.75, 3.05) is 7.05 Å². The summed E-state index contributed by atoms with van der Waals surface area (Å²) >= 11 is 0. The van der Waals surface area contributed by atoms with Crippen LogP contribution in [0.1, 0.15) is 22.4 Å². The third-order valence-corrected chi connectivity index (χ3v) is 4.45.